The predicted molar refractivity (Wildman–Crippen MR) is 94.2 cm³/mol. The predicted octanol–water partition coefficient (Wildman–Crippen LogP) is 7.39. The van der Waals surface area contributed by atoms with Gasteiger partial charge in [0.15, 0.2) is 0 Å². The summed E-state index contributed by atoms with van der Waals surface area (Å²) < 4.78 is 0. The van der Waals surface area contributed by atoms with Gasteiger partial charge in [-0.3, -0.25) is 0 Å². The van der Waals surface area contributed by atoms with Gasteiger partial charge in [-0.25, -0.2) is 0 Å². The van der Waals surface area contributed by atoms with E-state index in [1.807, 2.05) is 13.8 Å². The Labute approximate surface area is 129 Å². The molecule has 3 aliphatic rings. The first-order valence-electron chi connectivity index (χ1n) is 9.33. The van der Waals surface area contributed by atoms with Gasteiger partial charge in [-0.1, -0.05) is 98.1 Å². The molecule has 2 fully saturated rings. The van der Waals surface area contributed by atoms with Gasteiger partial charge in [0.25, 0.3) is 0 Å². The first kappa shape index (κ1) is 19.7. The summed E-state index contributed by atoms with van der Waals surface area (Å²) >= 11 is 0. The van der Waals surface area contributed by atoms with Gasteiger partial charge in [-0.2, -0.15) is 0 Å². The summed E-state index contributed by atoms with van der Waals surface area (Å²) in [4.78, 5) is 0. The van der Waals surface area contributed by atoms with E-state index in [1.165, 1.54) is 64.2 Å². The van der Waals surface area contributed by atoms with Gasteiger partial charge in [-0.15, -0.1) is 0 Å². The maximum Gasteiger partial charge on any atom is -0.0322 e. The number of hydrogen-bond acceptors (Lipinski definition) is 0. The molecule has 0 unspecified atom stereocenters. The molecule has 120 valence electrons. The third-order valence-electron chi connectivity index (χ3n) is 4.53. The second-order valence-electron chi connectivity index (χ2n) is 6.83. The highest BCUT2D eigenvalue weighted by atomic mass is 14.1. The summed E-state index contributed by atoms with van der Waals surface area (Å²) in [6, 6.07) is 0. The Bertz CT molecular complexity index is 182. The number of rotatable bonds is 0. The second kappa shape index (κ2) is 13.7. The molecule has 3 aliphatic carbocycles. The molecular formula is C20H40. The summed E-state index contributed by atoms with van der Waals surface area (Å²) in [6.07, 6.45) is 19.0. The minimum absolute atomic E-state index is 0.935. The van der Waals surface area contributed by atoms with Gasteiger partial charge in [0, 0.05) is 0 Å². The van der Waals surface area contributed by atoms with Crippen LogP contribution in [0.4, 0.5) is 0 Å². The van der Waals surface area contributed by atoms with Crippen molar-refractivity contribution in [2.24, 2.45) is 17.8 Å². The van der Waals surface area contributed by atoms with Crippen molar-refractivity contribution in [1.29, 1.82) is 0 Å². The van der Waals surface area contributed by atoms with Crippen molar-refractivity contribution in [3.05, 3.63) is 12.2 Å². The smallest absolute Gasteiger partial charge is 0.0322 e. The van der Waals surface area contributed by atoms with E-state index < -0.39 is 0 Å². The molecular weight excluding hydrogens is 240 g/mol. The van der Waals surface area contributed by atoms with Crippen LogP contribution in [0, 0.1) is 17.8 Å². The van der Waals surface area contributed by atoms with Crippen molar-refractivity contribution in [1.82, 2.24) is 0 Å². The van der Waals surface area contributed by atoms with Gasteiger partial charge < -0.3 is 0 Å². The normalized spacial score (nSPS) is 22.4. The van der Waals surface area contributed by atoms with E-state index in [0.717, 1.165) is 17.8 Å². The molecule has 0 heterocycles. The van der Waals surface area contributed by atoms with Crippen LogP contribution >= 0.6 is 0 Å². The Balaban J connectivity index is 0.000000255. The molecule has 0 bridgehead atoms. The molecule has 0 saturated heterocycles. The Morgan fingerprint density at radius 2 is 0.850 bits per heavy atom. The highest BCUT2D eigenvalue weighted by molar-refractivity contribution is 4.92. The largest absolute Gasteiger partial charge is 0.0883 e. The van der Waals surface area contributed by atoms with Crippen LogP contribution in [-0.4, -0.2) is 0 Å². The van der Waals surface area contributed by atoms with Crippen molar-refractivity contribution in [2.75, 3.05) is 0 Å². The lowest BCUT2D eigenvalue weighted by Crippen LogP contribution is -1.79. The Kier molecular flexibility index (Phi) is 13.5. The topological polar surface area (TPSA) is 0 Å². The first-order valence-corrected chi connectivity index (χ1v) is 9.33. The zero-order valence-corrected chi connectivity index (χ0v) is 15.0. The summed E-state index contributed by atoms with van der Waals surface area (Å²) in [5.41, 5.74) is 0. The van der Waals surface area contributed by atoms with Crippen LogP contribution in [0.1, 0.15) is 98.8 Å². The lowest BCUT2D eigenvalue weighted by atomic mass is 10.1. The van der Waals surface area contributed by atoms with Crippen molar-refractivity contribution in [3.63, 3.8) is 0 Å². The third kappa shape index (κ3) is 11.6. The van der Waals surface area contributed by atoms with Gasteiger partial charge >= 0.3 is 0 Å². The minimum atomic E-state index is 0.935. The monoisotopic (exact) mass is 280 g/mol. The fourth-order valence-electron chi connectivity index (χ4n) is 3.01. The molecule has 2 saturated carbocycles. The molecule has 0 nitrogen and oxygen atoms in total. The quantitative estimate of drug-likeness (QED) is 0.406. The van der Waals surface area contributed by atoms with E-state index in [2.05, 4.69) is 32.9 Å². The lowest BCUT2D eigenvalue weighted by Gasteiger charge is -1.92. The maximum atomic E-state index is 2.34. The van der Waals surface area contributed by atoms with E-state index in [4.69, 9.17) is 0 Å². The molecule has 0 amide bonds. The van der Waals surface area contributed by atoms with Gasteiger partial charge in [0.1, 0.15) is 0 Å². The number of hydrogen-bond donors (Lipinski definition) is 0. The lowest BCUT2D eigenvalue weighted by molar-refractivity contribution is 0.612. The molecule has 0 aromatic heterocycles. The minimum Gasteiger partial charge on any atom is -0.0883 e. The standard InChI is InChI=1S/2C6H12.C6H10.C2H6/c3*1-6-4-2-3-5-6;1-2/h2*6H,2-5H2,1H3;2-3,6H,4-5H2,1H3;1-2H3. The van der Waals surface area contributed by atoms with Gasteiger partial charge in [-0.05, 0) is 30.6 Å². The fraction of sp³-hybridized carbons (Fsp3) is 0.900. The van der Waals surface area contributed by atoms with E-state index in [-0.39, 0.29) is 0 Å². The molecule has 3 rings (SSSR count). The molecule has 0 aromatic rings. The molecule has 0 atom stereocenters. The molecule has 0 aromatic carbocycles. The second-order valence-corrected chi connectivity index (χ2v) is 6.83. The van der Waals surface area contributed by atoms with Crippen LogP contribution in [-0.2, 0) is 0 Å². The maximum absolute atomic E-state index is 2.34. The highest BCUT2D eigenvalue weighted by Gasteiger charge is 2.07. The van der Waals surface area contributed by atoms with Crippen LogP contribution in [0.3, 0.4) is 0 Å². The average Bonchev–Trinajstić information content (AvgIpc) is 3.19. The van der Waals surface area contributed by atoms with Crippen LogP contribution in [0.5, 0.6) is 0 Å². The van der Waals surface area contributed by atoms with E-state index in [1.54, 1.807) is 0 Å². The molecule has 0 radical (unpaired) electrons. The Morgan fingerprint density at radius 3 is 0.950 bits per heavy atom. The Hall–Kier alpha value is -0.260. The van der Waals surface area contributed by atoms with E-state index in [9.17, 15) is 0 Å². The van der Waals surface area contributed by atoms with Gasteiger partial charge in [0.2, 0.25) is 0 Å². The zero-order valence-electron chi connectivity index (χ0n) is 15.0. The SMILES string of the molecule is CC.CC1CC=CC1.CC1CCCC1.CC1CCCC1. The fourth-order valence-corrected chi connectivity index (χ4v) is 3.01. The molecule has 0 N–H and O–H groups in total. The number of allylic oxidation sites excluding steroid dienone is 2. The van der Waals surface area contributed by atoms with E-state index >= 15 is 0 Å². The van der Waals surface area contributed by atoms with Crippen LogP contribution in [0.15, 0.2) is 12.2 Å². The van der Waals surface area contributed by atoms with Crippen molar-refractivity contribution in [3.8, 4) is 0 Å². The summed E-state index contributed by atoms with van der Waals surface area (Å²) in [5, 5.41) is 0. The third-order valence-corrected chi connectivity index (χ3v) is 4.53. The first-order chi connectivity index (χ1) is 9.68. The van der Waals surface area contributed by atoms with Crippen molar-refractivity contribution in [2.45, 2.75) is 98.8 Å². The molecule has 20 heavy (non-hydrogen) atoms. The van der Waals surface area contributed by atoms with Crippen LogP contribution in [0.25, 0.3) is 0 Å². The van der Waals surface area contributed by atoms with Crippen molar-refractivity contribution >= 4 is 0 Å². The van der Waals surface area contributed by atoms with Gasteiger partial charge in [0.05, 0.1) is 0 Å². The average molecular weight is 281 g/mol. The van der Waals surface area contributed by atoms with Crippen molar-refractivity contribution < 1.29 is 0 Å². The van der Waals surface area contributed by atoms with E-state index in [0.29, 0.717) is 0 Å². The summed E-state index contributed by atoms with van der Waals surface area (Å²) in [7, 11) is 0. The Morgan fingerprint density at radius 1 is 0.550 bits per heavy atom. The summed E-state index contributed by atoms with van der Waals surface area (Å²) in [5.74, 6) is 3.03. The molecule has 0 aliphatic heterocycles. The summed E-state index contributed by atoms with van der Waals surface area (Å²) in [6.45, 7) is 11.0. The van der Waals surface area contributed by atoms with Crippen LogP contribution < -0.4 is 0 Å². The molecule has 0 heteroatoms. The highest BCUT2D eigenvalue weighted by Crippen LogP contribution is 2.23. The molecule has 0 spiro atoms. The zero-order chi connectivity index (χ0) is 15.2. The van der Waals surface area contributed by atoms with Crippen LogP contribution in [0.2, 0.25) is 0 Å².